The first-order valence-electron chi connectivity index (χ1n) is 5.94. The minimum atomic E-state index is -0.347. The summed E-state index contributed by atoms with van der Waals surface area (Å²) in [6.45, 7) is 2.02. The van der Waals surface area contributed by atoms with Crippen molar-refractivity contribution in [1.82, 2.24) is 0 Å². The Kier molecular flexibility index (Phi) is 5.05. The number of nitriles is 1. The van der Waals surface area contributed by atoms with E-state index >= 15 is 0 Å². The number of halogens is 2. The Bertz CT molecular complexity index is 669. The predicted molar refractivity (Wildman–Crippen MR) is 81.7 cm³/mol. The minimum Gasteiger partial charge on any atom is -0.455 e. The smallest absolute Gasteiger partial charge is 0.146 e. The van der Waals surface area contributed by atoms with E-state index in [0.717, 1.165) is 10.6 Å². The fourth-order valence-corrected chi connectivity index (χ4v) is 2.87. The fourth-order valence-electron chi connectivity index (χ4n) is 1.66. The number of rotatable bonds is 4. The molecule has 0 aliphatic carbocycles. The van der Waals surface area contributed by atoms with E-state index in [1.54, 1.807) is 17.8 Å². The summed E-state index contributed by atoms with van der Waals surface area (Å²) in [4.78, 5) is 0.880. The Morgan fingerprint density at radius 2 is 2.10 bits per heavy atom. The molecule has 0 aliphatic rings. The molecule has 0 heterocycles. The maximum absolute atomic E-state index is 13.1. The van der Waals surface area contributed by atoms with Gasteiger partial charge in [0, 0.05) is 4.90 Å². The summed E-state index contributed by atoms with van der Waals surface area (Å²) in [6.07, 6.45) is 0. The number of benzene rings is 2. The van der Waals surface area contributed by atoms with Gasteiger partial charge in [0.25, 0.3) is 0 Å². The SMILES string of the molecule is CCSc1cccc(Oc2ccc(F)cc2Br)c1C#N. The first-order chi connectivity index (χ1) is 9.65. The largest absolute Gasteiger partial charge is 0.455 e. The van der Waals surface area contributed by atoms with Crippen LogP contribution in [0.1, 0.15) is 12.5 Å². The van der Waals surface area contributed by atoms with Gasteiger partial charge in [0.15, 0.2) is 0 Å². The van der Waals surface area contributed by atoms with Crippen LogP contribution in [0, 0.1) is 17.1 Å². The second-order valence-electron chi connectivity index (χ2n) is 3.85. The van der Waals surface area contributed by atoms with Crippen molar-refractivity contribution < 1.29 is 9.13 Å². The van der Waals surface area contributed by atoms with Gasteiger partial charge in [-0.3, -0.25) is 0 Å². The van der Waals surface area contributed by atoms with Crippen LogP contribution in [0.2, 0.25) is 0 Å². The molecule has 0 amide bonds. The van der Waals surface area contributed by atoms with Gasteiger partial charge in [-0.15, -0.1) is 11.8 Å². The average molecular weight is 352 g/mol. The van der Waals surface area contributed by atoms with Crippen LogP contribution >= 0.6 is 27.7 Å². The van der Waals surface area contributed by atoms with Gasteiger partial charge in [-0.2, -0.15) is 5.26 Å². The average Bonchev–Trinajstić information content (AvgIpc) is 2.42. The van der Waals surface area contributed by atoms with Crippen LogP contribution in [-0.4, -0.2) is 5.75 Å². The lowest BCUT2D eigenvalue weighted by atomic mass is 10.2. The molecular weight excluding hydrogens is 341 g/mol. The van der Waals surface area contributed by atoms with Crippen LogP contribution < -0.4 is 4.74 Å². The lowest BCUT2D eigenvalue weighted by molar-refractivity contribution is 0.474. The van der Waals surface area contributed by atoms with Crippen LogP contribution in [0.25, 0.3) is 0 Å². The monoisotopic (exact) mass is 351 g/mol. The van der Waals surface area contributed by atoms with E-state index < -0.39 is 0 Å². The van der Waals surface area contributed by atoms with E-state index in [0.29, 0.717) is 21.5 Å². The normalized spacial score (nSPS) is 10.1. The van der Waals surface area contributed by atoms with E-state index in [9.17, 15) is 9.65 Å². The highest BCUT2D eigenvalue weighted by atomic mass is 79.9. The number of thioether (sulfide) groups is 1. The quantitative estimate of drug-likeness (QED) is 0.694. The molecule has 0 saturated heterocycles. The third-order valence-electron chi connectivity index (χ3n) is 2.51. The second-order valence-corrected chi connectivity index (χ2v) is 6.01. The van der Waals surface area contributed by atoms with Gasteiger partial charge in [-0.25, -0.2) is 4.39 Å². The molecule has 102 valence electrons. The molecule has 0 radical (unpaired) electrons. The van der Waals surface area contributed by atoms with Gasteiger partial charge in [0.1, 0.15) is 28.9 Å². The molecule has 0 N–H and O–H groups in total. The Hall–Kier alpha value is -1.51. The lowest BCUT2D eigenvalue weighted by Crippen LogP contribution is -1.92. The van der Waals surface area contributed by atoms with Crippen LogP contribution in [0.15, 0.2) is 45.8 Å². The molecule has 0 atom stereocenters. The van der Waals surface area contributed by atoms with E-state index in [1.807, 2.05) is 19.1 Å². The van der Waals surface area contributed by atoms with Crippen molar-refractivity contribution in [3.8, 4) is 17.6 Å². The van der Waals surface area contributed by atoms with Crippen LogP contribution in [0.4, 0.5) is 4.39 Å². The fraction of sp³-hybridized carbons (Fsp3) is 0.133. The van der Waals surface area contributed by atoms with Gasteiger partial charge in [-0.05, 0) is 52.0 Å². The van der Waals surface area contributed by atoms with Crippen LogP contribution in [0.3, 0.4) is 0 Å². The second kappa shape index (κ2) is 6.78. The van der Waals surface area contributed by atoms with E-state index in [2.05, 4.69) is 22.0 Å². The van der Waals surface area contributed by atoms with Crippen molar-refractivity contribution in [3.63, 3.8) is 0 Å². The zero-order chi connectivity index (χ0) is 14.5. The molecule has 0 aliphatic heterocycles. The Morgan fingerprint density at radius 3 is 2.75 bits per heavy atom. The molecule has 2 rings (SSSR count). The Labute approximate surface area is 129 Å². The summed E-state index contributed by atoms with van der Waals surface area (Å²) < 4.78 is 19.3. The van der Waals surface area contributed by atoms with Crippen LogP contribution in [-0.2, 0) is 0 Å². The maximum atomic E-state index is 13.1. The Balaban J connectivity index is 2.38. The van der Waals surface area contributed by atoms with Gasteiger partial charge in [0.05, 0.1) is 4.47 Å². The zero-order valence-electron chi connectivity index (χ0n) is 10.7. The molecule has 2 aromatic carbocycles. The molecule has 2 aromatic rings. The highest BCUT2D eigenvalue weighted by Crippen LogP contribution is 2.35. The van der Waals surface area contributed by atoms with Crippen molar-refractivity contribution in [2.24, 2.45) is 0 Å². The molecular formula is C15H11BrFNOS. The summed E-state index contributed by atoms with van der Waals surface area (Å²) in [5, 5.41) is 9.30. The van der Waals surface area contributed by atoms with Gasteiger partial charge in [-0.1, -0.05) is 13.0 Å². The van der Waals surface area contributed by atoms with Crippen molar-refractivity contribution in [3.05, 3.63) is 52.3 Å². The molecule has 0 aromatic heterocycles. The van der Waals surface area contributed by atoms with Crippen molar-refractivity contribution >= 4 is 27.7 Å². The highest BCUT2D eigenvalue weighted by molar-refractivity contribution is 9.10. The number of ether oxygens (including phenoxy) is 1. The van der Waals surface area contributed by atoms with Gasteiger partial charge in [0.2, 0.25) is 0 Å². The van der Waals surface area contributed by atoms with Gasteiger partial charge < -0.3 is 4.74 Å². The van der Waals surface area contributed by atoms with Crippen molar-refractivity contribution in [1.29, 1.82) is 5.26 Å². The van der Waals surface area contributed by atoms with E-state index in [4.69, 9.17) is 4.74 Å². The van der Waals surface area contributed by atoms with Crippen LogP contribution in [0.5, 0.6) is 11.5 Å². The highest BCUT2D eigenvalue weighted by Gasteiger charge is 2.12. The summed E-state index contributed by atoms with van der Waals surface area (Å²) in [5.74, 6) is 1.47. The standard InChI is InChI=1S/C15H11BrFNOS/c1-2-20-15-5-3-4-13(11(15)9-18)19-14-7-6-10(17)8-12(14)16/h3-8H,2H2,1H3. The van der Waals surface area contributed by atoms with Gasteiger partial charge >= 0.3 is 0 Å². The first kappa shape index (κ1) is 14.9. The zero-order valence-corrected chi connectivity index (χ0v) is 13.1. The maximum Gasteiger partial charge on any atom is 0.146 e. The molecule has 20 heavy (non-hydrogen) atoms. The molecule has 0 saturated carbocycles. The van der Waals surface area contributed by atoms with E-state index in [1.165, 1.54) is 18.2 Å². The van der Waals surface area contributed by atoms with Crippen molar-refractivity contribution in [2.75, 3.05) is 5.75 Å². The number of nitrogens with zero attached hydrogens (tertiary/aromatic N) is 1. The van der Waals surface area contributed by atoms with E-state index in [-0.39, 0.29) is 5.82 Å². The molecule has 2 nitrogen and oxygen atoms in total. The summed E-state index contributed by atoms with van der Waals surface area (Å²) >= 11 is 4.83. The first-order valence-corrected chi connectivity index (χ1v) is 7.72. The number of hydrogen-bond donors (Lipinski definition) is 0. The lowest BCUT2D eigenvalue weighted by Gasteiger charge is -2.11. The topological polar surface area (TPSA) is 33.0 Å². The summed E-state index contributed by atoms with van der Waals surface area (Å²) in [7, 11) is 0. The predicted octanol–water partition coefficient (Wildman–Crippen LogP) is 5.36. The third-order valence-corrected chi connectivity index (χ3v) is 4.07. The molecule has 0 bridgehead atoms. The molecule has 0 spiro atoms. The third kappa shape index (κ3) is 3.33. The molecule has 5 heteroatoms. The molecule has 0 unspecified atom stereocenters. The summed E-state index contributed by atoms with van der Waals surface area (Å²) in [5.41, 5.74) is 0.496. The minimum absolute atomic E-state index is 0.347. The summed E-state index contributed by atoms with van der Waals surface area (Å²) in [6, 6.07) is 11.8. The Morgan fingerprint density at radius 1 is 1.30 bits per heavy atom. The molecule has 0 fully saturated rings. The van der Waals surface area contributed by atoms with Crippen molar-refractivity contribution in [2.45, 2.75) is 11.8 Å². The number of hydrogen-bond acceptors (Lipinski definition) is 3.